The fourth-order valence-corrected chi connectivity index (χ4v) is 4.73. The van der Waals surface area contributed by atoms with Gasteiger partial charge in [-0.2, -0.15) is 13.2 Å². The number of hydrogen-bond donors (Lipinski definition) is 0. The van der Waals surface area contributed by atoms with Gasteiger partial charge < -0.3 is 0 Å². The second-order valence-corrected chi connectivity index (χ2v) is 6.91. The van der Waals surface area contributed by atoms with Gasteiger partial charge in [0, 0.05) is 0 Å². The van der Waals surface area contributed by atoms with E-state index in [0.717, 1.165) is 0 Å². The van der Waals surface area contributed by atoms with Crippen molar-refractivity contribution in [1.82, 2.24) is 0 Å². The highest BCUT2D eigenvalue weighted by atomic mass is 35.5. The Morgan fingerprint density at radius 2 is 0.955 bits per heavy atom. The van der Waals surface area contributed by atoms with Crippen molar-refractivity contribution in [1.29, 1.82) is 0 Å². The molecule has 2 unspecified atom stereocenters. The van der Waals surface area contributed by atoms with Crippen LogP contribution in [0.5, 0.6) is 0 Å². The second kappa shape index (κ2) is 4.80. The summed E-state index contributed by atoms with van der Waals surface area (Å²) >= 11 is 18.9. The number of rotatable bonds is 2. The van der Waals surface area contributed by atoms with Gasteiger partial charge in [0.1, 0.15) is 9.75 Å². The first-order chi connectivity index (χ1) is 10.2. The maximum atomic E-state index is 13.7. The predicted octanol–water partition coefficient (Wildman–Crippen LogP) is 5.81. The van der Waals surface area contributed by atoms with Gasteiger partial charge in [-0.25, -0.2) is 0 Å². The molecule has 0 aromatic heterocycles. The van der Waals surface area contributed by atoms with Crippen molar-refractivity contribution >= 4 is 34.8 Å². The van der Waals surface area contributed by atoms with Crippen LogP contribution in [-0.4, -0.2) is 11.1 Å². The maximum absolute atomic E-state index is 13.7. The Hall–Kier alpha value is -0.900. The van der Waals surface area contributed by atoms with Crippen molar-refractivity contribution < 1.29 is 13.2 Å². The van der Waals surface area contributed by atoms with Crippen LogP contribution in [0.2, 0.25) is 0 Å². The van der Waals surface area contributed by atoms with Crippen molar-refractivity contribution in [3.05, 3.63) is 71.8 Å². The molecule has 2 aromatic rings. The standard InChI is InChI=1S/C16H10Cl3F3/c17-13(11-7-3-1-4-8-11)14(18,12-9-5-2-6-10-12)15(13,19)16(20,21)22/h1-10H. The molecule has 1 saturated carbocycles. The van der Waals surface area contributed by atoms with Crippen LogP contribution in [0.15, 0.2) is 60.7 Å². The van der Waals surface area contributed by atoms with Gasteiger partial charge in [-0.1, -0.05) is 60.7 Å². The summed E-state index contributed by atoms with van der Waals surface area (Å²) < 4.78 is 41.1. The molecule has 3 rings (SSSR count). The fraction of sp³-hybridized carbons (Fsp3) is 0.250. The Kier molecular flexibility index (Phi) is 3.48. The zero-order valence-electron chi connectivity index (χ0n) is 11.0. The Morgan fingerprint density at radius 3 is 1.23 bits per heavy atom. The molecular weight excluding hydrogens is 356 g/mol. The van der Waals surface area contributed by atoms with Gasteiger partial charge >= 0.3 is 6.18 Å². The third-order valence-electron chi connectivity index (χ3n) is 4.10. The van der Waals surface area contributed by atoms with E-state index in [1.165, 1.54) is 24.3 Å². The summed E-state index contributed by atoms with van der Waals surface area (Å²) in [5.41, 5.74) is 0.477. The molecule has 0 radical (unpaired) electrons. The van der Waals surface area contributed by atoms with Crippen molar-refractivity contribution in [2.45, 2.75) is 20.8 Å². The normalized spacial score (nSPS) is 34.5. The maximum Gasteiger partial charge on any atom is 0.411 e. The Balaban J connectivity index is 2.25. The lowest BCUT2D eigenvalue weighted by Crippen LogP contribution is -2.34. The summed E-state index contributed by atoms with van der Waals surface area (Å²) in [6, 6.07) is 15.8. The highest BCUT2D eigenvalue weighted by molar-refractivity contribution is 6.52. The quantitative estimate of drug-likeness (QED) is 0.589. The van der Waals surface area contributed by atoms with E-state index >= 15 is 0 Å². The molecule has 2 atom stereocenters. The summed E-state index contributed by atoms with van der Waals surface area (Å²) in [7, 11) is 0. The third-order valence-corrected chi connectivity index (χ3v) is 6.74. The van der Waals surface area contributed by atoms with Crippen LogP contribution in [0, 0.1) is 0 Å². The van der Waals surface area contributed by atoms with Gasteiger partial charge in [-0.15, -0.1) is 34.8 Å². The minimum absolute atomic E-state index is 0.239. The second-order valence-electron chi connectivity index (χ2n) is 5.21. The van der Waals surface area contributed by atoms with Crippen LogP contribution >= 0.6 is 34.8 Å². The summed E-state index contributed by atoms with van der Waals surface area (Å²) in [6.07, 6.45) is -4.77. The van der Waals surface area contributed by atoms with Crippen molar-refractivity contribution in [2.75, 3.05) is 0 Å². The minimum Gasteiger partial charge on any atom is -0.169 e. The first kappa shape index (κ1) is 16.0. The minimum atomic E-state index is -4.77. The topological polar surface area (TPSA) is 0 Å². The lowest BCUT2D eigenvalue weighted by molar-refractivity contribution is -0.142. The average Bonchev–Trinajstić information content (AvgIpc) is 2.94. The molecule has 1 aliphatic carbocycles. The first-order valence-electron chi connectivity index (χ1n) is 6.46. The van der Waals surface area contributed by atoms with Crippen LogP contribution in [-0.2, 0) is 9.75 Å². The molecule has 0 spiro atoms. The fourth-order valence-electron chi connectivity index (χ4n) is 2.98. The van der Waals surface area contributed by atoms with Crippen LogP contribution in [0.25, 0.3) is 0 Å². The molecule has 0 heterocycles. The SMILES string of the molecule is FC(F)(F)C1(Cl)C(Cl)(c2ccccc2)C1(Cl)c1ccccc1. The molecule has 116 valence electrons. The molecule has 0 amide bonds. The molecule has 2 aromatic carbocycles. The van der Waals surface area contributed by atoms with Gasteiger partial charge in [0.2, 0.25) is 0 Å². The van der Waals surface area contributed by atoms with E-state index in [1.807, 2.05) is 0 Å². The third kappa shape index (κ3) is 1.68. The summed E-state index contributed by atoms with van der Waals surface area (Å²) in [5.74, 6) is 0. The van der Waals surface area contributed by atoms with E-state index in [2.05, 4.69) is 0 Å². The molecular formula is C16H10Cl3F3. The lowest BCUT2D eigenvalue weighted by atomic mass is 10.0. The van der Waals surface area contributed by atoms with E-state index in [-0.39, 0.29) is 11.1 Å². The summed E-state index contributed by atoms with van der Waals surface area (Å²) in [4.78, 5) is -6.76. The van der Waals surface area contributed by atoms with Crippen LogP contribution in [0.1, 0.15) is 11.1 Å². The van der Waals surface area contributed by atoms with E-state index in [0.29, 0.717) is 0 Å². The van der Waals surface area contributed by atoms with E-state index in [4.69, 9.17) is 34.8 Å². The lowest BCUT2D eigenvalue weighted by Gasteiger charge is -2.17. The number of halogens is 6. The Labute approximate surface area is 140 Å². The molecule has 0 bridgehead atoms. The van der Waals surface area contributed by atoms with Crippen molar-refractivity contribution in [3.63, 3.8) is 0 Å². The van der Waals surface area contributed by atoms with E-state index < -0.39 is 20.8 Å². The highest BCUT2D eigenvalue weighted by Crippen LogP contribution is 2.84. The summed E-state index contributed by atoms with van der Waals surface area (Å²) in [6.45, 7) is 0. The van der Waals surface area contributed by atoms with Gasteiger partial charge in [0.05, 0.1) is 0 Å². The summed E-state index contributed by atoms with van der Waals surface area (Å²) in [5, 5.41) is 0. The molecule has 0 nitrogen and oxygen atoms in total. The number of hydrogen-bond acceptors (Lipinski definition) is 0. The zero-order valence-corrected chi connectivity index (χ0v) is 13.3. The molecule has 1 aliphatic rings. The number of alkyl halides is 6. The van der Waals surface area contributed by atoms with Crippen LogP contribution in [0.3, 0.4) is 0 Å². The smallest absolute Gasteiger partial charge is 0.169 e. The average molecular weight is 366 g/mol. The van der Waals surface area contributed by atoms with Crippen molar-refractivity contribution in [2.24, 2.45) is 0 Å². The van der Waals surface area contributed by atoms with Gasteiger partial charge in [-0.3, -0.25) is 0 Å². The Morgan fingerprint density at radius 1 is 0.636 bits per heavy atom. The monoisotopic (exact) mass is 364 g/mol. The Bertz CT molecular complexity index is 635. The van der Waals surface area contributed by atoms with Gasteiger partial charge in [0.15, 0.2) is 4.87 Å². The van der Waals surface area contributed by atoms with Crippen LogP contribution < -0.4 is 0 Å². The van der Waals surface area contributed by atoms with E-state index in [9.17, 15) is 13.2 Å². The molecule has 0 N–H and O–H groups in total. The molecule has 22 heavy (non-hydrogen) atoms. The largest absolute Gasteiger partial charge is 0.411 e. The predicted molar refractivity (Wildman–Crippen MR) is 82.6 cm³/mol. The first-order valence-corrected chi connectivity index (χ1v) is 7.59. The molecule has 1 fully saturated rings. The van der Waals surface area contributed by atoms with Gasteiger partial charge in [-0.05, 0) is 11.1 Å². The molecule has 0 saturated heterocycles. The molecule has 6 heteroatoms. The highest BCUT2D eigenvalue weighted by Gasteiger charge is 2.96. The number of benzene rings is 2. The van der Waals surface area contributed by atoms with Crippen LogP contribution in [0.4, 0.5) is 13.2 Å². The molecule has 0 aliphatic heterocycles. The van der Waals surface area contributed by atoms with Crippen molar-refractivity contribution in [3.8, 4) is 0 Å². The van der Waals surface area contributed by atoms with E-state index in [1.54, 1.807) is 36.4 Å². The zero-order chi connectivity index (χ0) is 16.2. The van der Waals surface area contributed by atoms with Gasteiger partial charge in [0.25, 0.3) is 0 Å².